The van der Waals surface area contributed by atoms with Crippen LogP contribution in [0.1, 0.15) is 52.6 Å². The molecule has 13 heteroatoms. The van der Waals surface area contributed by atoms with Gasteiger partial charge >= 0.3 is 10.3 Å². The van der Waals surface area contributed by atoms with E-state index >= 15 is 0 Å². The van der Waals surface area contributed by atoms with E-state index in [2.05, 4.69) is 27.1 Å². The van der Waals surface area contributed by atoms with Crippen molar-refractivity contribution in [1.29, 1.82) is 0 Å². The molecule has 0 aliphatic heterocycles. The van der Waals surface area contributed by atoms with E-state index in [9.17, 15) is 23.4 Å². The number of nitrogens with zero attached hydrogens (tertiary/aromatic N) is 2. The molecular weight excluding hydrogens is 504 g/mol. The lowest BCUT2D eigenvalue weighted by atomic mass is 10.1. The summed E-state index contributed by atoms with van der Waals surface area (Å²) in [6, 6.07) is 1.24. The van der Waals surface area contributed by atoms with Gasteiger partial charge in [0.05, 0.1) is 16.5 Å². The quantitative estimate of drug-likeness (QED) is 0.196. The van der Waals surface area contributed by atoms with Gasteiger partial charge in [-0.1, -0.05) is 23.4 Å². The first kappa shape index (κ1) is 25.0. The SMILES string of the molecule is O=C(c1cc(C(O)C#CC2CC2)c(Cl)s1)c1cncnc1N[C@@H]1C[C@H](CNS(=O)(=O)O)[C@@H](O)C1. The van der Waals surface area contributed by atoms with Gasteiger partial charge < -0.3 is 15.5 Å². The molecule has 2 aliphatic carbocycles. The highest BCUT2D eigenvalue weighted by atomic mass is 35.5. The molecule has 0 amide bonds. The Labute approximate surface area is 205 Å². The monoisotopic (exact) mass is 526 g/mol. The number of halogens is 1. The first-order valence-corrected chi connectivity index (χ1v) is 13.2. The average molecular weight is 527 g/mol. The number of rotatable bonds is 8. The molecule has 10 nitrogen and oxygen atoms in total. The summed E-state index contributed by atoms with van der Waals surface area (Å²) in [4.78, 5) is 21.6. The number of aromatic nitrogens is 2. The predicted molar refractivity (Wildman–Crippen MR) is 126 cm³/mol. The maximum atomic E-state index is 13.2. The lowest BCUT2D eigenvalue weighted by molar-refractivity contribution is 0.104. The van der Waals surface area contributed by atoms with E-state index in [1.807, 2.05) is 4.72 Å². The lowest BCUT2D eigenvalue weighted by Gasteiger charge is -2.15. The minimum Gasteiger partial charge on any atom is -0.393 e. The molecule has 5 N–H and O–H groups in total. The topological polar surface area (TPSA) is 162 Å². The number of nitrogens with one attached hydrogen (secondary N) is 2. The van der Waals surface area contributed by atoms with Gasteiger partial charge in [-0.15, -0.1) is 11.3 Å². The summed E-state index contributed by atoms with van der Waals surface area (Å²) >= 11 is 7.30. The molecule has 1 unspecified atom stereocenters. The molecule has 2 fully saturated rings. The molecule has 0 bridgehead atoms. The van der Waals surface area contributed by atoms with Crippen molar-refractivity contribution in [3.63, 3.8) is 0 Å². The van der Waals surface area contributed by atoms with Crippen molar-refractivity contribution >= 4 is 44.8 Å². The number of aliphatic hydroxyl groups excluding tert-OH is 2. The third-order valence-corrected chi connectivity index (χ3v) is 7.64. The van der Waals surface area contributed by atoms with Crippen molar-refractivity contribution in [3.8, 4) is 11.8 Å². The van der Waals surface area contributed by atoms with Crippen LogP contribution < -0.4 is 10.0 Å². The summed E-state index contributed by atoms with van der Waals surface area (Å²) in [5, 5.41) is 23.7. The van der Waals surface area contributed by atoms with E-state index < -0.39 is 28.4 Å². The number of thiophene rings is 1. The first-order valence-electron chi connectivity index (χ1n) is 10.6. The highest BCUT2D eigenvalue weighted by Gasteiger charge is 2.34. The minimum atomic E-state index is -4.36. The third kappa shape index (κ3) is 6.31. The zero-order valence-corrected chi connectivity index (χ0v) is 20.2. The van der Waals surface area contributed by atoms with E-state index in [-0.39, 0.29) is 34.1 Å². The van der Waals surface area contributed by atoms with Crippen LogP contribution in [0.3, 0.4) is 0 Å². The Hall–Kier alpha value is -2.11. The molecule has 2 aliphatic rings. The number of ketones is 1. The van der Waals surface area contributed by atoms with Crippen LogP contribution in [0, 0.1) is 23.7 Å². The maximum absolute atomic E-state index is 13.2. The number of carbonyl (C=O) groups is 1. The predicted octanol–water partition coefficient (Wildman–Crippen LogP) is 1.81. The molecule has 0 saturated heterocycles. The van der Waals surface area contributed by atoms with Crippen molar-refractivity contribution in [2.45, 2.75) is 43.9 Å². The molecule has 2 aromatic rings. The summed E-state index contributed by atoms with van der Waals surface area (Å²) in [6.07, 6.45) is 3.52. The second-order valence-corrected chi connectivity index (χ2v) is 11.3. The molecule has 0 spiro atoms. The highest BCUT2D eigenvalue weighted by Crippen LogP contribution is 2.35. The normalized spacial score (nSPS) is 23.2. The number of aliphatic hydroxyl groups is 2. The van der Waals surface area contributed by atoms with Gasteiger partial charge in [0.1, 0.15) is 22.6 Å². The van der Waals surface area contributed by atoms with Crippen LogP contribution in [-0.4, -0.2) is 57.6 Å². The van der Waals surface area contributed by atoms with Crippen LogP contribution in [0.15, 0.2) is 18.6 Å². The van der Waals surface area contributed by atoms with Gasteiger partial charge in [-0.05, 0) is 31.7 Å². The van der Waals surface area contributed by atoms with Crippen molar-refractivity contribution < 1.29 is 28.0 Å². The molecule has 4 rings (SSSR count). The largest absolute Gasteiger partial charge is 0.393 e. The Morgan fingerprint density at radius 3 is 2.82 bits per heavy atom. The van der Waals surface area contributed by atoms with E-state index in [0.717, 1.165) is 24.2 Å². The maximum Gasteiger partial charge on any atom is 0.333 e. The zero-order chi connectivity index (χ0) is 24.5. The van der Waals surface area contributed by atoms with Crippen molar-refractivity contribution in [3.05, 3.63) is 38.9 Å². The van der Waals surface area contributed by atoms with Crippen molar-refractivity contribution in [2.75, 3.05) is 11.9 Å². The fraction of sp³-hybridized carbons (Fsp3) is 0.476. The van der Waals surface area contributed by atoms with Gasteiger partial charge in [-0.3, -0.25) is 9.35 Å². The Balaban J connectivity index is 1.47. The molecule has 182 valence electrons. The van der Waals surface area contributed by atoms with Gasteiger partial charge in [0.15, 0.2) is 0 Å². The summed E-state index contributed by atoms with van der Waals surface area (Å²) in [5.41, 5.74) is 0.571. The minimum absolute atomic E-state index is 0.115. The van der Waals surface area contributed by atoms with Crippen LogP contribution in [-0.2, 0) is 10.3 Å². The van der Waals surface area contributed by atoms with E-state index in [0.29, 0.717) is 29.2 Å². The molecule has 0 radical (unpaired) electrons. The second kappa shape index (κ2) is 10.2. The lowest BCUT2D eigenvalue weighted by Crippen LogP contribution is -2.32. The van der Waals surface area contributed by atoms with E-state index in [1.165, 1.54) is 18.6 Å². The van der Waals surface area contributed by atoms with Gasteiger partial charge in [0.25, 0.3) is 0 Å². The highest BCUT2D eigenvalue weighted by molar-refractivity contribution is 7.83. The van der Waals surface area contributed by atoms with Gasteiger partial charge in [-0.25, -0.2) is 9.97 Å². The molecule has 2 saturated carbocycles. The summed E-state index contributed by atoms with van der Waals surface area (Å²) < 4.78 is 33.0. The smallest absolute Gasteiger partial charge is 0.333 e. The van der Waals surface area contributed by atoms with Gasteiger partial charge in [-0.2, -0.15) is 13.1 Å². The number of anilines is 1. The van der Waals surface area contributed by atoms with E-state index in [1.54, 1.807) is 0 Å². The van der Waals surface area contributed by atoms with Crippen LogP contribution in [0.25, 0.3) is 0 Å². The van der Waals surface area contributed by atoms with Crippen molar-refractivity contribution in [1.82, 2.24) is 14.7 Å². The second-order valence-electron chi connectivity index (χ2n) is 8.38. The Morgan fingerprint density at radius 1 is 1.35 bits per heavy atom. The summed E-state index contributed by atoms with van der Waals surface area (Å²) in [6.45, 7) is -0.115. The van der Waals surface area contributed by atoms with Crippen LogP contribution in [0.5, 0.6) is 0 Å². The summed E-state index contributed by atoms with van der Waals surface area (Å²) in [5.74, 6) is 5.55. The number of hydrogen-bond acceptors (Lipinski definition) is 9. The zero-order valence-electron chi connectivity index (χ0n) is 17.8. The van der Waals surface area contributed by atoms with Crippen LogP contribution in [0.2, 0.25) is 4.34 Å². The molecular formula is C21H23ClN4O6S2. The van der Waals surface area contributed by atoms with Crippen LogP contribution in [0.4, 0.5) is 5.82 Å². The van der Waals surface area contributed by atoms with Gasteiger partial charge in [0, 0.05) is 36.2 Å². The third-order valence-electron chi connectivity index (χ3n) is 5.72. The fourth-order valence-corrected chi connectivity index (χ4v) is 5.47. The fourth-order valence-electron chi connectivity index (χ4n) is 3.77. The Kier molecular flexibility index (Phi) is 7.54. The van der Waals surface area contributed by atoms with E-state index in [4.69, 9.17) is 16.2 Å². The van der Waals surface area contributed by atoms with Gasteiger partial charge in [0.2, 0.25) is 5.78 Å². The molecule has 4 atom stereocenters. The molecule has 2 aromatic heterocycles. The average Bonchev–Trinajstić information content (AvgIpc) is 3.43. The van der Waals surface area contributed by atoms with Crippen molar-refractivity contribution in [2.24, 2.45) is 11.8 Å². The van der Waals surface area contributed by atoms with Crippen LogP contribution >= 0.6 is 22.9 Å². The number of carbonyl (C=O) groups excluding carboxylic acids is 1. The summed E-state index contributed by atoms with van der Waals surface area (Å²) in [7, 11) is -4.36. The standard InChI is InChI=1S/C21H23ClN4O6S2/c22-20-14(16(27)4-3-11-1-2-11)7-18(33-20)19(29)15-9-23-10-24-21(15)26-13-5-12(17(28)6-13)8-25-34(30,31)32/h7,9-13,16-17,25,27-28H,1-2,5-6,8H2,(H,23,24,26)(H,30,31,32)/t12-,13-,16?,17+/m1/s1. The molecule has 34 heavy (non-hydrogen) atoms. The first-order chi connectivity index (χ1) is 16.1. The Morgan fingerprint density at radius 2 is 2.12 bits per heavy atom. The number of hydrogen-bond donors (Lipinski definition) is 5. The Bertz CT molecular complexity index is 1240. The molecule has 0 aromatic carbocycles. The molecule has 2 heterocycles.